The van der Waals surface area contributed by atoms with Gasteiger partial charge in [0.1, 0.15) is 17.2 Å². The summed E-state index contributed by atoms with van der Waals surface area (Å²) in [4.78, 5) is 28.8. The number of alkyl halides is 3. The van der Waals surface area contributed by atoms with Crippen LogP contribution < -0.4 is 25.3 Å². The average molecular weight is 518 g/mol. The Morgan fingerprint density at radius 2 is 1.76 bits per heavy atom. The van der Waals surface area contributed by atoms with Crippen LogP contribution in [0.1, 0.15) is 45.8 Å². The highest BCUT2D eigenvalue weighted by Crippen LogP contribution is 2.38. The lowest BCUT2D eigenvalue weighted by molar-refractivity contribution is -0.274. The Morgan fingerprint density at radius 3 is 2.38 bits per heavy atom. The topological polar surface area (TPSA) is 113 Å². The number of hydrogen-bond donors (Lipinski definition) is 2. The summed E-state index contributed by atoms with van der Waals surface area (Å²) in [5, 5.41) is 2.72. The van der Waals surface area contributed by atoms with Crippen LogP contribution in [0.2, 0.25) is 0 Å². The Bertz CT molecular complexity index is 1310. The molecule has 0 saturated heterocycles. The summed E-state index contributed by atoms with van der Waals surface area (Å²) in [5.41, 5.74) is 7.32. The van der Waals surface area contributed by atoms with Crippen LogP contribution in [0.5, 0.6) is 23.0 Å². The smallest absolute Gasteiger partial charge is 0.493 e. The number of ether oxygens (including phenoxy) is 3. The number of rotatable bonds is 9. The van der Waals surface area contributed by atoms with Crippen molar-refractivity contribution in [2.75, 3.05) is 12.4 Å². The molecule has 0 unspecified atom stereocenters. The van der Waals surface area contributed by atoms with Gasteiger partial charge in [-0.1, -0.05) is 19.9 Å². The summed E-state index contributed by atoms with van der Waals surface area (Å²) < 4.78 is 53.0. The van der Waals surface area contributed by atoms with E-state index < -0.39 is 23.9 Å². The number of pyridine rings is 1. The number of anilines is 1. The van der Waals surface area contributed by atoms with Gasteiger partial charge in [0.15, 0.2) is 11.5 Å². The number of primary amides is 1. The summed E-state index contributed by atoms with van der Waals surface area (Å²) in [5.74, 6) is -1.27. The zero-order valence-electron chi connectivity index (χ0n) is 20.6. The van der Waals surface area contributed by atoms with E-state index in [1.807, 2.05) is 19.9 Å². The minimum absolute atomic E-state index is 0.0227. The van der Waals surface area contributed by atoms with E-state index in [1.165, 1.54) is 31.5 Å². The second-order valence-corrected chi connectivity index (χ2v) is 8.53. The molecule has 0 radical (unpaired) electrons. The predicted octanol–water partition coefficient (Wildman–Crippen LogP) is 5.64. The maximum absolute atomic E-state index is 13.4. The summed E-state index contributed by atoms with van der Waals surface area (Å²) in [7, 11) is 1.27. The van der Waals surface area contributed by atoms with Gasteiger partial charge >= 0.3 is 6.36 Å². The number of amides is 2. The van der Waals surface area contributed by atoms with Gasteiger partial charge in [0.05, 0.1) is 12.7 Å². The van der Waals surface area contributed by atoms with Gasteiger partial charge in [-0.05, 0) is 60.7 Å². The van der Waals surface area contributed by atoms with Crippen molar-refractivity contribution in [2.24, 2.45) is 11.7 Å². The van der Waals surface area contributed by atoms with Gasteiger partial charge in [-0.3, -0.25) is 14.6 Å². The number of aromatic nitrogens is 1. The molecular weight excluding hydrogens is 491 g/mol. The summed E-state index contributed by atoms with van der Waals surface area (Å²) >= 11 is 0. The normalized spacial score (nSPS) is 11.2. The monoisotopic (exact) mass is 517 g/mol. The van der Waals surface area contributed by atoms with Gasteiger partial charge in [-0.15, -0.1) is 13.2 Å². The lowest BCUT2D eigenvalue weighted by atomic mass is 9.94. The number of nitrogens with zero attached hydrogens (tertiary/aromatic N) is 1. The molecule has 3 rings (SSSR count). The first-order chi connectivity index (χ1) is 17.4. The molecule has 2 amide bonds. The van der Waals surface area contributed by atoms with Crippen molar-refractivity contribution < 1.29 is 37.0 Å². The van der Waals surface area contributed by atoms with Crippen molar-refractivity contribution in [1.29, 1.82) is 0 Å². The lowest BCUT2D eigenvalue weighted by Crippen LogP contribution is -2.18. The Morgan fingerprint density at radius 1 is 1.05 bits per heavy atom. The minimum atomic E-state index is -4.87. The van der Waals surface area contributed by atoms with Gasteiger partial charge in [0, 0.05) is 18.0 Å². The van der Waals surface area contributed by atoms with Crippen molar-refractivity contribution in [3.63, 3.8) is 0 Å². The van der Waals surface area contributed by atoms with Gasteiger partial charge in [-0.2, -0.15) is 0 Å². The molecule has 0 aliphatic heterocycles. The zero-order valence-corrected chi connectivity index (χ0v) is 20.6. The van der Waals surface area contributed by atoms with Gasteiger partial charge in [-0.25, -0.2) is 0 Å². The van der Waals surface area contributed by atoms with Crippen LogP contribution in [0.3, 0.4) is 0 Å². The highest BCUT2D eigenvalue weighted by atomic mass is 19.4. The summed E-state index contributed by atoms with van der Waals surface area (Å²) in [6.07, 6.45) is -2.84. The van der Waals surface area contributed by atoms with Crippen LogP contribution in [-0.4, -0.2) is 30.3 Å². The van der Waals surface area contributed by atoms with Crippen LogP contribution in [0.15, 0.2) is 48.7 Å². The fraction of sp³-hybridized carbons (Fsp3) is 0.269. The van der Waals surface area contributed by atoms with Crippen molar-refractivity contribution >= 4 is 17.5 Å². The summed E-state index contributed by atoms with van der Waals surface area (Å²) in [6.45, 7) is 5.86. The molecular formula is C26H26F3N3O5. The van der Waals surface area contributed by atoms with Crippen molar-refractivity contribution in [3.8, 4) is 23.0 Å². The summed E-state index contributed by atoms with van der Waals surface area (Å²) in [6, 6.07) is 9.64. The molecule has 11 heteroatoms. The number of carbonyl (C=O) groups is 2. The Labute approximate surface area is 211 Å². The number of halogens is 3. The van der Waals surface area contributed by atoms with Crippen LogP contribution >= 0.6 is 0 Å². The minimum Gasteiger partial charge on any atom is -0.493 e. The van der Waals surface area contributed by atoms with E-state index >= 15 is 0 Å². The first-order valence-corrected chi connectivity index (χ1v) is 11.2. The Balaban J connectivity index is 2.02. The first kappa shape index (κ1) is 27.3. The fourth-order valence-corrected chi connectivity index (χ4v) is 3.64. The molecule has 3 aromatic rings. The number of hydrogen-bond acceptors (Lipinski definition) is 6. The lowest BCUT2D eigenvalue weighted by Gasteiger charge is -2.19. The molecule has 0 atom stereocenters. The van der Waals surface area contributed by atoms with Gasteiger partial charge in [0.2, 0.25) is 0 Å². The van der Waals surface area contributed by atoms with Crippen molar-refractivity contribution in [1.82, 2.24) is 4.98 Å². The number of nitrogens with two attached hydrogens (primary N) is 1. The van der Waals surface area contributed by atoms with E-state index in [0.717, 1.165) is 17.7 Å². The standard InChI is InChI=1S/C26H26F3N3O5/c1-14(2)11-16-5-7-21(36-20-8-6-18(13-22(20)35-4)37-26(27,28)29)23(15(16)3)25(34)32-17-9-10-31-19(12-17)24(30)33/h5-10,12-14H,11H2,1-4H3,(H2,30,33)(H,31,32,34). The molecule has 0 saturated carbocycles. The first-order valence-electron chi connectivity index (χ1n) is 11.2. The fourth-order valence-electron chi connectivity index (χ4n) is 3.64. The van der Waals surface area contributed by atoms with E-state index in [1.54, 1.807) is 13.0 Å². The van der Waals surface area contributed by atoms with E-state index in [-0.39, 0.29) is 28.5 Å². The second kappa shape index (κ2) is 11.2. The highest BCUT2D eigenvalue weighted by molar-refractivity contribution is 6.08. The number of benzene rings is 2. The van der Waals surface area contributed by atoms with Gasteiger partial charge in [0.25, 0.3) is 11.8 Å². The third-order valence-electron chi connectivity index (χ3n) is 5.25. The maximum atomic E-state index is 13.4. The molecule has 37 heavy (non-hydrogen) atoms. The molecule has 196 valence electrons. The van der Waals surface area contributed by atoms with Gasteiger partial charge < -0.3 is 25.3 Å². The number of nitrogens with one attached hydrogen (secondary N) is 1. The van der Waals surface area contributed by atoms with Crippen LogP contribution in [0, 0.1) is 12.8 Å². The molecule has 3 N–H and O–H groups in total. The molecule has 0 bridgehead atoms. The average Bonchev–Trinajstić information content (AvgIpc) is 2.80. The van der Waals surface area contributed by atoms with Crippen molar-refractivity contribution in [2.45, 2.75) is 33.6 Å². The van der Waals surface area contributed by atoms with Crippen LogP contribution in [0.4, 0.5) is 18.9 Å². The van der Waals surface area contributed by atoms with E-state index in [2.05, 4.69) is 15.0 Å². The molecule has 2 aromatic carbocycles. The number of methoxy groups -OCH3 is 1. The van der Waals surface area contributed by atoms with Crippen LogP contribution in [-0.2, 0) is 6.42 Å². The molecule has 8 nitrogen and oxygen atoms in total. The number of carbonyl (C=O) groups excluding carboxylic acids is 2. The zero-order chi connectivity index (χ0) is 27.3. The second-order valence-electron chi connectivity index (χ2n) is 8.53. The molecule has 1 aromatic heterocycles. The Hall–Kier alpha value is -4.28. The third-order valence-corrected chi connectivity index (χ3v) is 5.25. The molecule has 1 heterocycles. The van der Waals surface area contributed by atoms with E-state index in [9.17, 15) is 22.8 Å². The quantitative estimate of drug-likeness (QED) is 0.380. The SMILES string of the molecule is COc1cc(OC(F)(F)F)ccc1Oc1ccc(CC(C)C)c(C)c1C(=O)Nc1ccnc(C(N)=O)c1. The molecule has 0 fully saturated rings. The van der Waals surface area contributed by atoms with Crippen LogP contribution in [0.25, 0.3) is 0 Å². The molecule has 0 spiro atoms. The molecule has 0 aliphatic rings. The van der Waals surface area contributed by atoms with Crippen molar-refractivity contribution in [3.05, 3.63) is 71.0 Å². The van der Waals surface area contributed by atoms with E-state index in [4.69, 9.17) is 15.2 Å². The third kappa shape index (κ3) is 7.12. The largest absolute Gasteiger partial charge is 0.573 e. The van der Waals surface area contributed by atoms with E-state index in [0.29, 0.717) is 23.6 Å². The molecule has 0 aliphatic carbocycles. The highest BCUT2D eigenvalue weighted by Gasteiger charge is 2.31. The Kier molecular flexibility index (Phi) is 8.26. The predicted molar refractivity (Wildman–Crippen MR) is 130 cm³/mol. The maximum Gasteiger partial charge on any atom is 0.573 e.